The van der Waals surface area contributed by atoms with E-state index in [-0.39, 0.29) is 18.2 Å². The van der Waals surface area contributed by atoms with E-state index in [0.29, 0.717) is 0 Å². The number of carbonyl (C=O) groups excluding carboxylic acids is 2. The van der Waals surface area contributed by atoms with Gasteiger partial charge in [-0.25, -0.2) is 4.98 Å². The van der Waals surface area contributed by atoms with Crippen LogP contribution in [0.3, 0.4) is 0 Å². The fraction of sp³-hybridized carbons (Fsp3) is 0.357. The summed E-state index contributed by atoms with van der Waals surface area (Å²) in [6.45, 7) is 2.71. The van der Waals surface area contributed by atoms with Gasteiger partial charge >= 0.3 is 5.97 Å². The maximum atomic E-state index is 11.7. The van der Waals surface area contributed by atoms with Crippen LogP contribution in [0.25, 0.3) is 11.0 Å². The number of methoxy groups -OCH3 is 1. The maximum absolute atomic E-state index is 11.7. The summed E-state index contributed by atoms with van der Waals surface area (Å²) < 4.78 is 6.53. The van der Waals surface area contributed by atoms with Gasteiger partial charge in [0.15, 0.2) is 5.16 Å². The lowest BCUT2D eigenvalue weighted by Crippen LogP contribution is -2.31. The Kier molecular flexibility index (Phi) is 5.21. The number of nitrogens with one attached hydrogen (secondary N) is 1. The first kappa shape index (κ1) is 15.4. The van der Waals surface area contributed by atoms with Gasteiger partial charge in [0.05, 0.1) is 23.9 Å². The highest BCUT2D eigenvalue weighted by molar-refractivity contribution is 7.99. The molecule has 0 aliphatic heterocycles. The van der Waals surface area contributed by atoms with Crippen LogP contribution in [0.4, 0.5) is 0 Å². The lowest BCUT2D eigenvalue weighted by molar-refractivity contribution is -0.140. The van der Waals surface area contributed by atoms with Crippen LogP contribution in [0.5, 0.6) is 0 Å². The molecule has 0 aliphatic carbocycles. The van der Waals surface area contributed by atoms with Gasteiger partial charge in [0.2, 0.25) is 5.91 Å². The molecule has 1 N–H and O–H groups in total. The van der Waals surface area contributed by atoms with Crippen molar-refractivity contribution >= 4 is 34.7 Å². The number of aromatic nitrogens is 2. The first-order chi connectivity index (χ1) is 10.2. The molecule has 0 saturated heterocycles. The van der Waals surface area contributed by atoms with Gasteiger partial charge in [-0.15, -0.1) is 0 Å². The Balaban J connectivity index is 2.00. The Hall–Kier alpha value is -2.02. The van der Waals surface area contributed by atoms with Gasteiger partial charge in [-0.3, -0.25) is 9.59 Å². The maximum Gasteiger partial charge on any atom is 0.325 e. The third-order valence-corrected chi connectivity index (χ3v) is 3.90. The molecule has 2 rings (SSSR count). The number of thioether (sulfide) groups is 1. The van der Waals surface area contributed by atoms with E-state index in [0.717, 1.165) is 22.7 Å². The summed E-state index contributed by atoms with van der Waals surface area (Å²) in [5, 5.41) is 3.30. The number of imidazole rings is 1. The number of hydrogen-bond acceptors (Lipinski definition) is 5. The second-order valence-electron chi connectivity index (χ2n) is 4.27. The Morgan fingerprint density at radius 1 is 1.38 bits per heavy atom. The molecule has 0 spiro atoms. The molecule has 2 aromatic rings. The van der Waals surface area contributed by atoms with Gasteiger partial charge in [-0.2, -0.15) is 0 Å². The van der Waals surface area contributed by atoms with E-state index in [1.165, 1.54) is 18.9 Å². The smallest absolute Gasteiger partial charge is 0.325 e. The summed E-state index contributed by atoms with van der Waals surface area (Å²) in [5.74, 6) is -0.477. The van der Waals surface area contributed by atoms with Crippen LogP contribution in [-0.4, -0.2) is 40.8 Å². The molecule has 0 saturated carbocycles. The fourth-order valence-electron chi connectivity index (χ4n) is 1.89. The van der Waals surface area contributed by atoms with Crippen LogP contribution in [0.1, 0.15) is 6.92 Å². The van der Waals surface area contributed by atoms with Gasteiger partial charge in [0, 0.05) is 6.54 Å². The lowest BCUT2D eigenvalue weighted by Gasteiger charge is -2.06. The predicted molar refractivity (Wildman–Crippen MR) is 81.2 cm³/mol. The highest BCUT2D eigenvalue weighted by Gasteiger charge is 2.12. The number of benzene rings is 1. The Bertz CT molecular complexity index is 654. The van der Waals surface area contributed by atoms with Crippen molar-refractivity contribution in [2.75, 3.05) is 19.4 Å². The van der Waals surface area contributed by atoms with Crippen molar-refractivity contribution in [3.8, 4) is 0 Å². The number of carbonyl (C=O) groups is 2. The van der Waals surface area contributed by atoms with Crippen LogP contribution < -0.4 is 5.32 Å². The van der Waals surface area contributed by atoms with E-state index in [2.05, 4.69) is 19.6 Å². The van der Waals surface area contributed by atoms with E-state index in [4.69, 9.17) is 0 Å². The zero-order chi connectivity index (χ0) is 15.2. The molecule has 112 valence electrons. The van der Waals surface area contributed by atoms with Gasteiger partial charge in [-0.1, -0.05) is 23.9 Å². The monoisotopic (exact) mass is 307 g/mol. The van der Waals surface area contributed by atoms with E-state index < -0.39 is 5.97 Å². The molecule has 6 nitrogen and oxygen atoms in total. The van der Waals surface area contributed by atoms with E-state index in [9.17, 15) is 9.59 Å². The predicted octanol–water partition coefficient (Wildman–Crippen LogP) is 1.44. The Morgan fingerprint density at radius 3 is 2.86 bits per heavy atom. The summed E-state index contributed by atoms with van der Waals surface area (Å²) in [7, 11) is 1.28. The van der Waals surface area contributed by atoms with Gasteiger partial charge < -0.3 is 14.6 Å². The van der Waals surface area contributed by atoms with E-state index in [1.807, 2.05) is 31.2 Å². The number of amides is 1. The quantitative estimate of drug-likeness (QED) is 0.646. The lowest BCUT2D eigenvalue weighted by atomic mass is 10.3. The molecule has 1 aromatic carbocycles. The molecule has 21 heavy (non-hydrogen) atoms. The normalized spacial score (nSPS) is 10.6. The van der Waals surface area contributed by atoms with Gasteiger partial charge in [-0.05, 0) is 19.1 Å². The molecule has 0 fully saturated rings. The number of esters is 1. The summed E-state index contributed by atoms with van der Waals surface area (Å²) in [4.78, 5) is 27.1. The molecule has 1 aromatic heterocycles. The third kappa shape index (κ3) is 3.75. The Morgan fingerprint density at radius 2 is 2.14 bits per heavy atom. The zero-order valence-corrected chi connectivity index (χ0v) is 12.8. The average molecular weight is 307 g/mol. The van der Waals surface area contributed by atoms with Crippen molar-refractivity contribution in [3.05, 3.63) is 24.3 Å². The number of fused-ring (bicyclic) bond motifs is 1. The van der Waals surface area contributed by atoms with Crippen molar-refractivity contribution in [1.29, 1.82) is 0 Å². The molecule has 1 heterocycles. The summed E-state index contributed by atoms with van der Waals surface area (Å²) in [5.41, 5.74) is 1.97. The number of nitrogens with zero attached hydrogens (tertiary/aromatic N) is 2. The minimum absolute atomic E-state index is 0.111. The summed E-state index contributed by atoms with van der Waals surface area (Å²) >= 11 is 1.35. The standard InChI is InChI=1S/C14H17N3O3S/c1-3-17-11-7-5-4-6-10(11)16-14(17)21-9-12(18)15-8-13(19)20-2/h4-7H,3,8-9H2,1-2H3,(H,15,18). The molecule has 7 heteroatoms. The molecule has 0 bridgehead atoms. The number of hydrogen-bond donors (Lipinski definition) is 1. The largest absolute Gasteiger partial charge is 0.468 e. The number of para-hydroxylation sites is 2. The molecular weight excluding hydrogens is 290 g/mol. The summed E-state index contributed by atoms with van der Waals surface area (Å²) in [6, 6.07) is 7.86. The molecule has 0 unspecified atom stereocenters. The van der Waals surface area contributed by atoms with Crippen molar-refractivity contribution in [3.63, 3.8) is 0 Å². The molecule has 0 aliphatic rings. The topological polar surface area (TPSA) is 73.2 Å². The number of aryl methyl sites for hydroxylation is 1. The highest BCUT2D eigenvalue weighted by Crippen LogP contribution is 2.23. The first-order valence-electron chi connectivity index (χ1n) is 6.57. The van der Waals surface area contributed by atoms with Crippen molar-refractivity contribution < 1.29 is 14.3 Å². The van der Waals surface area contributed by atoms with E-state index >= 15 is 0 Å². The average Bonchev–Trinajstić information content (AvgIpc) is 2.87. The minimum Gasteiger partial charge on any atom is -0.468 e. The van der Waals surface area contributed by atoms with Crippen molar-refractivity contribution in [2.24, 2.45) is 0 Å². The van der Waals surface area contributed by atoms with Gasteiger partial charge in [0.25, 0.3) is 0 Å². The second-order valence-corrected chi connectivity index (χ2v) is 5.21. The summed E-state index contributed by atoms with van der Waals surface area (Å²) in [6.07, 6.45) is 0. The van der Waals surface area contributed by atoms with Crippen LogP contribution >= 0.6 is 11.8 Å². The van der Waals surface area contributed by atoms with Crippen molar-refractivity contribution in [1.82, 2.24) is 14.9 Å². The number of ether oxygens (including phenoxy) is 1. The zero-order valence-electron chi connectivity index (χ0n) is 12.0. The highest BCUT2D eigenvalue weighted by atomic mass is 32.2. The fourth-order valence-corrected chi connectivity index (χ4v) is 2.80. The van der Waals surface area contributed by atoms with Crippen LogP contribution in [0.15, 0.2) is 29.4 Å². The first-order valence-corrected chi connectivity index (χ1v) is 7.55. The molecule has 0 atom stereocenters. The van der Waals surface area contributed by atoms with Gasteiger partial charge in [0.1, 0.15) is 6.54 Å². The minimum atomic E-state index is -0.464. The molecule has 1 amide bonds. The SMILES string of the molecule is CCn1c(SCC(=O)NCC(=O)OC)nc2ccccc21. The second kappa shape index (κ2) is 7.12. The Labute approximate surface area is 126 Å². The van der Waals surface area contributed by atoms with E-state index in [1.54, 1.807) is 0 Å². The van der Waals surface area contributed by atoms with Crippen molar-refractivity contribution in [2.45, 2.75) is 18.6 Å². The third-order valence-electron chi connectivity index (χ3n) is 2.93. The van der Waals surface area contributed by atoms with Crippen LogP contribution in [0, 0.1) is 0 Å². The molecular formula is C14H17N3O3S. The van der Waals surface area contributed by atoms with Crippen LogP contribution in [0.2, 0.25) is 0 Å². The number of rotatable bonds is 6. The van der Waals surface area contributed by atoms with Crippen LogP contribution in [-0.2, 0) is 20.9 Å². The molecule has 0 radical (unpaired) electrons.